The predicted octanol–water partition coefficient (Wildman–Crippen LogP) is 5.71. The first-order valence-electron chi connectivity index (χ1n) is 9.60. The highest BCUT2D eigenvalue weighted by atomic mass is 32.2. The molecule has 0 aliphatic rings. The summed E-state index contributed by atoms with van der Waals surface area (Å²) in [6.45, 7) is 11.9. The number of aryl methyl sites for hydroxylation is 4. The first kappa shape index (κ1) is 21.2. The zero-order valence-corrected chi connectivity index (χ0v) is 18.6. The smallest absolute Gasteiger partial charge is 0.347 e. The van der Waals surface area contributed by atoms with Crippen molar-refractivity contribution in [2.24, 2.45) is 0 Å². The summed E-state index contributed by atoms with van der Waals surface area (Å²) >= 11 is 1.59. The molecule has 4 nitrogen and oxygen atoms in total. The summed E-state index contributed by atoms with van der Waals surface area (Å²) < 4.78 is 5.71. The molecule has 0 amide bonds. The normalized spacial score (nSPS) is 11.7. The average molecular weight is 410 g/mol. The van der Waals surface area contributed by atoms with Crippen molar-refractivity contribution in [3.63, 3.8) is 0 Å². The monoisotopic (exact) mass is 409 g/mol. The second-order valence-electron chi connectivity index (χ2n) is 8.28. The Hall–Kier alpha value is -2.53. The molecule has 5 heteroatoms. The van der Waals surface area contributed by atoms with E-state index < -0.39 is 11.0 Å². The van der Waals surface area contributed by atoms with Crippen LogP contribution >= 0.6 is 11.8 Å². The molecule has 0 fully saturated rings. The van der Waals surface area contributed by atoms with Gasteiger partial charge in [0.2, 0.25) is 0 Å². The maximum atomic E-state index is 12.9. The van der Waals surface area contributed by atoms with E-state index in [-0.39, 0.29) is 11.3 Å². The lowest BCUT2D eigenvalue weighted by Gasteiger charge is -2.23. The number of aromatic nitrogens is 1. The lowest BCUT2D eigenvalue weighted by atomic mass is 9.90. The van der Waals surface area contributed by atoms with Crippen LogP contribution < -0.4 is 5.63 Å². The van der Waals surface area contributed by atoms with Crippen molar-refractivity contribution >= 4 is 11.8 Å². The Morgan fingerprint density at radius 2 is 1.66 bits per heavy atom. The van der Waals surface area contributed by atoms with Gasteiger partial charge in [0.1, 0.15) is 17.1 Å². The minimum Gasteiger partial charge on any atom is -0.507 e. The van der Waals surface area contributed by atoms with E-state index in [9.17, 15) is 9.90 Å². The fourth-order valence-electron chi connectivity index (χ4n) is 3.48. The Morgan fingerprint density at radius 3 is 2.21 bits per heavy atom. The number of rotatable bonds is 5. The van der Waals surface area contributed by atoms with Gasteiger partial charge in [-0.15, -0.1) is 11.8 Å². The Balaban J connectivity index is 1.94. The summed E-state index contributed by atoms with van der Waals surface area (Å²) in [6, 6.07) is 9.60. The van der Waals surface area contributed by atoms with Crippen LogP contribution in [-0.4, -0.2) is 15.8 Å². The average Bonchev–Trinajstić information content (AvgIpc) is 2.62. The Labute approximate surface area is 176 Å². The summed E-state index contributed by atoms with van der Waals surface area (Å²) in [5.74, 6) is 1.08. The van der Waals surface area contributed by atoms with Crippen molar-refractivity contribution in [3.05, 3.63) is 75.0 Å². The third-order valence-corrected chi connectivity index (χ3v) is 6.39. The highest BCUT2D eigenvalue weighted by Crippen LogP contribution is 2.36. The van der Waals surface area contributed by atoms with Crippen molar-refractivity contribution < 1.29 is 9.52 Å². The largest absolute Gasteiger partial charge is 0.507 e. The molecule has 1 N–H and O–H groups in total. The summed E-state index contributed by atoms with van der Waals surface area (Å²) in [5.41, 5.74) is 4.12. The Morgan fingerprint density at radius 1 is 1.00 bits per heavy atom. The van der Waals surface area contributed by atoms with Crippen LogP contribution in [0.25, 0.3) is 11.1 Å². The summed E-state index contributed by atoms with van der Waals surface area (Å²) in [7, 11) is 0. The van der Waals surface area contributed by atoms with E-state index in [2.05, 4.69) is 4.98 Å². The van der Waals surface area contributed by atoms with Crippen molar-refractivity contribution in [2.75, 3.05) is 5.75 Å². The van der Waals surface area contributed by atoms with Gasteiger partial charge in [0.05, 0.1) is 5.03 Å². The van der Waals surface area contributed by atoms with Gasteiger partial charge in [-0.05, 0) is 56.0 Å². The first-order valence-corrected chi connectivity index (χ1v) is 10.6. The number of benzene rings is 1. The molecule has 0 unspecified atom stereocenters. The highest BCUT2D eigenvalue weighted by Gasteiger charge is 2.27. The first-order chi connectivity index (χ1) is 13.6. The van der Waals surface area contributed by atoms with E-state index >= 15 is 0 Å². The molecule has 29 heavy (non-hydrogen) atoms. The molecule has 0 saturated heterocycles. The molecule has 0 radical (unpaired) electrons. The second-order valence-corrected chi connectivity index (χ2v) is 9.27. The summed E-state index contributed by atoms with van der Waals surface area (Å²) in [4.78, 5) is 17.3. The Bertz CT molecular complexity index is 1080. The number of pyridine rings is 1. The number of hydrogen-bond donors (Lipinski definition) is 1. The molecule has 152 valence electrons. The quantitative estimate of drug-likeness (QED) is 0.547. The molecule has 2 aromatic heterocycles. The van der Waals surface area contributed by atoms with Gasteiger partial charge in [-0.2, -0.15) is 0 Å². The van der Waals surface area contributed by atoms with E-state index in [0.717, 1.165) is 32.8 Å². The zero-order valence-electron chi connectivity index (χ0n) is 17.8. The van der Waals surface area contributed by atoms with Crippen LogP contribution in [-0.2, 0) is 5.41 Å². The maximum Gasteiger partial charge on any atom is 0.347 e. The van der Waals surface area contributed by atoms with Gasteiger partial charge < -0.3 is 9.52 Å². The summed E-state index contributed by atoms with van der Waals surface area (Å²) in [6.07, 6.45) is 1.84. The second kappa shape index (κ2) is 8.07. The third kappa shape index (κ3) is 4.56. The van der Waals surface area contributed by atoms with Crippen LogP contribution in [0.5, 0.6) is 5.75 Å². The number of aromatic hydroxyl groups is 1. The van der Waals surface area contributed by atoms with E-state index in [1.807, 2.05) is 72.0 Å². The molecule has 3 aromatic rings. The fraction of sp³-hybridized carbons (Fsp3) is 0.333. The minimum absolute atomic E-state index is 0.0437. The van der Waals surface area contributed by atoms with Gasteiger partial charge in [0.15, 0.2) is 0 Å². The highest BCUT2D eigenvalue weighted by molar-refractivity contribution is 7.99. The number of nitrogens with zero attached hydrogens (tertiary/aromatic N) is 1. The van der Waals surface area contributed by atoms with Crippen molar-refractivity contribution in [1.82, 2.24) is 4.98 Å². The molecule has 3 rings (SSSR count). The number of hydrogen-bond acceptors (Lipinski definition) is 5. The van der Waals surface area contributed by atoms with Crippen LogP contribution in [0.4, 0.5) is 0 Å². The maximum absolute atomic E-state index is 12.9. The van der Waals surface area contributed by atoms with E-state index in [4.69, 9.17) is 4.42 Å². The summed E-state index contributed by atoms with van der Waals surface area (Å²) in [5, 5.41) is 11.7. The predicted molar refractivity (Wildman–Crippen MR) is 119 cm³/mol. The lowest BCUT2D eigenvalue weighted by molar-refractivity contribution is 0.369. The minimum atomic E-state index is -0.512. The fourth-order valence-corrected chi connectivity index (χ4v) is 4.43. The van der Waals surface area contributed by atoms with E-state index in [1.54, 1.807) is 17.8 Å². The SMILES string of the molecule is Cc1ccc(SCC(C)(C)c2cc(O)c(-c3c(C)cc(C)cc3C)c(=O)o2)nc1. The van der Waals surface area contributed by atoms with Crippen LogP contribution in [0.2, 0.25) is 0 Å². The van der Waals surface area contributed by atoms with Crippen LogP contribution in [0.15, 0.2) is 50.8 Å². The molecular formula is C24H27NO3S. The molecule has 2 heterocycles. The molecule has 1 aromatic carbocycles. The van der Waals surface area contributed by atoms with E-state index in [0.29, 0.717) is 11.5 Å². The van der Waals surface area contributed by atoms with Crippen LogP contribution in [0, 0.1) is 27.7 Å². The molecular weight excluding hydrogens is 382 g/mol. The zero-order chi connectivity index (χ0) is 21.3. The lowest BCUT2D eigenvalue weighted by Crippen LogP contribution is -2.23. The van der Waals surface area contributed by atoms with Crippen molar-refractivity contribution in [1.29, 1.82) is 0 Å². The van der Waals surface area contributed by atoms with E-state index in [1.165, 1.54) is 0 Å². The molecule has 0 saturated carbocycles. The van der Waals surface area contributed by atoms with Crippen LogP contribution in [0.3, 0.4) is 0 Å². The molecule has 0 bridgehead atoms. The van der Waals surface area contributed by atoms with Gasteiger partial charge in [0, 0.05) is 23.4 Å². The number of thioether (sulfide) groups is 1. The topological polar surface area (TPSA) is 63.3 Å². The van der Waals surface area contributed by atoms with Gasteiger partial charge >= 0.3 is 5.63 Å². The third-order valence-electron chi connectivity index (χ3n) is 4.99. The van der Waals surface area contributed by atoms with Crippen molar-refractivity contribution in [2.45, 2.75) is 52.0 Å². The van der Waals surface area contributed by atoms with Gasteiger partial charge in [-0.3, -0.25) is 0 Å². The molecule has 0 aliphatic heterocycles. The van der Waals surface area contributed by atoms with Gasteiger partial charge in [-0.1, -0.05) is 37.6 Å². The Kier molecular flexibility index (Phi) is 5.90. The van der Waals surface area contributed by atoms with Crippen LogP contribution in [0.1, 0.15) is 41.9 Å². The standard InChI is InChI=1S/C24H27NO3S/c1-14-7-8-20(25-12-14)29-13-24(5,6)19-11-18(26)22(23(27)28-19)21-16(3)9-15(2)10-17(21)4/h7-12,26H,13H2,1-6H3. The molecule has 0 spiro atoms. The molecule has 0 aliphatic carbocycles. The molecule has 0 atom stereocenters. The van der Waals surface area contributed by atoms with Gasteiger partial charge in [-0.25, -0.2) is 9.78 Å². The van der Waals surface area contributed by atoms with Gasteiger partial charge in [0.25, 0.3) is 0 Å². The van der Waals surface area contributed by atoms with Crippen molar-refractivity contribution in [3.8, 4) is 16.9 Å².